The van der Waals surface area contributed by atoms with Crippen molar-refractivity contribution in [1.29, 1.82) is 0 Å². The summed E-state index contributed by atoms with van der Waals surface area (Å²) in [6, 6.07) is 3.81. The maximum atomic E-state index is 13.9. The van der Waals surface area contributed by atoms with Crippen LogP contribution in [0.5, 0.6) is 0 Å². The molecule has 2 heterocycles. The van der Waals surface area contributed by atoms with Gasteiger partial charge in [-0.2, -0.15) is 0 Å². The first kappa shape index (κ1) is 23.5. The van der Waals surface area contributed by atoms with Crippen LogP contribution in [-0.4, -0.2) is 64.6 Å². The maximum absolute atomic E-state index is 13.9. The molecule has 9 heteroatoms. The zero-order valence-corrected chi connectivity index (χ0v) is 19.3. The van der Waals surface area contributed by atoms with Gasteiger partial charge >= 0.3 is 0 Å². The van der Waals surface area contributed by atoms with Gasteiger partial charge in [0.15, 0.2) is 11.6 Å². The van der Waals surface area contributed by atoms with Crippen molar-refractivity contribution in [1.82, 2.24) is 20.2 Å². The van der Waals surface area contributed by atoms with Gasteiger partial charge in [-0.1, -0.05) is 26.8 Å². The van der Waals surface area contributed by atoms with Gasteiger partial charge in [-0.15, -0.1) is 0 Å². The average molecular weight is 460 g/mol. The monoisotopic (exact) mass is 459 g/mol. The molecule has 2 aromatic rings. The fourth-order valence-corrected chi connectivity index (χ4v) is 4.54. The molecule has 1 aliphatic carbocycles. The number of carbonyl (C=O) groups is 1. The molecule has 4 rings (SSSR count). The molecular weight excluding hydrogens is 428 g/mol. The van der Waals surface area contributed by atoms with Crippen LogP contribution in [0.25, 0.3) is 0 Å². The van der Waals surface area contributed by atoms with Crippen molar-refractivity contribution >= 4 is 11.9 Å². The number of hydrogen-bond acceptors (Lipinski definition) is 6. The number of amides is 1. The Bertz CT molecular complexity index is 1010. The van der Waals surface area contributed by atoms with E-state index in [-0.39, 0.29) is 17.9 Å². The lowest BCUT2D eigenvalue weighted by Gasteiger charge is -2.37. The Hall–Kier alpha value is -2.65. The van der Waals surface area contributed by atoms with E-state index in [0.29, 0.717) is 56.4 Å². The second kappa shape index (κ2) is 9.69. The number of nitrogens with zero attached hydrogens (tertiary/aromatic N) is 4. The van der Waals surface area contributed by atoms with E-state index in [2.05, 4.69) is 22.2 Å². The maximum Gasteiger partial charge on any atom is 0.231 e. The second-order valence-corrected chi connectivity index (χ2v) is 9.26. The van der Waals surface area contributed by atoms with Crippen LogP contribution in [0.1, 0.15) is 62.0 Å². The van der Waals surface area contributed by atoms with Crippen molar-refractivity contribution in [3.63, 3.8) is 0 Å². The molecule has 1 saturated heterocycles. The number of benzene rings is 1. The lowest BCUT2D eigenvalue weighted by Crippen LogP contribution is -2.51. The average Bonchev–Trinajstić information content (AvgIpc) is 3.09. The molecule has 2 aliphatic rings. The van der Waals surface area contributed by atoms with Crippen LogP contribution in [0.4, 0.5) is 14.7 Å². The molecule has 1 aromatic carbocycles. The first-order chi connectivity index (χ1) is 15.7. The third-order valence-corrected chi connectivity index (χ3v) is 6.51. The molecule has 0 bridgehead atoms. The quantitative estimate of drug-likeness (QED) is 0.692. The number of aliphatic hydroxyl groups is 1. The van der Waals surface area contributed by atoms with Crippen molar-refractivity contribution in [3.05, 3.63) is 52.9 Å². The molecule has 1 aliphatic heterocycles. The summed E-state index contributed by atoms with van der Waals surface area (Å²) in [6.07, 6.45) is 1.89. The number of halogens is 2. The first-order valence-corrected chi connectivity index (χ1v) is 11.5. The van der Waals surface area contributed by atoms with Gasteiger partial charge in [-0.25, -0.2) is 18.7 Å². The highest BCUT2D eigenvalue weighted by atomic mass is 19.2. The van der Waals surface area contributed by atoms with Crippen LogP contribution in [-0.2, 0) is 4.79 Å². The van der Waals surface area contributed by atoms with E-state index in [0.717, 1.165) is 17.7 Å². The number of anilines is 1. The molecule has 0 saturated carbocycles. The smallest absolute Gasteiger partial charge is 0.231 e. The van der Waals surface area contributed by atoms with E-state index in [1.54, 1.807) is 11.1 Å². The van der Waals surface area contributed by atoms with Gasteiger partial charge in [-0.3, -0.25) is 4.79 Å². The van der Waals surface area contributed by atoms with Crippen molar-refractivity contribution < 1.29 is 18.7 Å². The third-order valence-electron chi connectivity index (χ3n) is 6.51. The van der Waals surface area contributed by atoms with Gasteiger partial charge in [0.2, 0.25) is 11.9 Å². The van der Waals surface area contributed by atoms with Crippen LogP contribution in [0.15, 0.2) is 24.4 Å². The molecule has 0 radical (unpaired) electrons. The zero-order valence-electron chi connectivity index (χ0n) is 19.3. The molecule has 3 atom stereocenters. The summed E-state index contributed by atoms with van der Waals surface area (Å²) in [5.41, 5.74) is 2.15. The predicted octanol–water partition coefficient (Wildman–Crippen LogP) is 2.73. The van der Waals surface area contributed by atoms with E-state index in [1.165, 1.54) is 6.07 Å². The molecule has 1 amide bonds. The molecule has 2 N–H and O–H groups in total. The van der Waals surface area contributed by atoms with Crippen molar-refractivity contribution in [2.45, 2.75) is 51.2 Å². The summed E-state index contributed by atoms with van der Waals surface area (Å²) in [5, 5.41) is 13.5. The number of rotatable bonds is 6. The fourth-order valence-electron chi connectivity index (χ4n) is 4.54. The largest absolute Gasteiger partial charge is 0.387 e. The van der Waals surface area contributed by atoms with Crippen LogP contribution in [0.2, 0.25) is 0 Å². The van der Waals surface area contributed by atoms with Crippen LogP contribution >= 0.6 is 0 Å². The van der Waals surface area contributed by atoms with Crippen LogP contribution < -0.4 is 10.2 Å². The lowest BCUT2D eigenvalue weighted by atomic mass is 9.96. The van der Waals surface area contributed by atoms with E-state index in [4.69, 9.17) is 0 Å². The SMILES string of the molecule is CC(C)NCC(C(=O)N1CCN(c2ncc3c(n2)[C@H](O)C[C@H]3C)CC1)c1ccc(F)c(F)c1. The molecular formula is C24H31F2N5O2. The normalized spacial score (nSPS) is 21.4. The van der Waals surface area contributed by atoms with Crippen LogP contribution in [0, 0.1) is 11.6 Å². The van der Waals surface area contributed by atoms with Gasteiger partial charge in [0.25, 0.3) is 0 Å². The number of carbonyl (C=O) groups excluding carboxylic acids is 1. The molecule has 33 heavy (non-hydrogen) atoms. The minimum absolute atomic E-state index is 0.118. The number of hydrogen-bond donors (Lipinski definition) is 2. The van der Waals surface area contributed by atoms with E-state index in [9.17, 15) is 18.7 Å². The molecule has 1 fully saturated rings. The van der Waals surface area contributed by atoms with Gasteiger partial charge in [0, 0.05) is 45.0 Å². The summed E-state index contributed by atoms with van der Waals surface area (Å²) < 4.78 is 27.3. The number of nitrogens with one attached hydrogen (secondary N) is 1. The summed E-state index contributed by atoms with van der Waals surface area (Å²) in [4.78, 5) is 26.2. The van der Waals surface area contributed by atoms with Gasteiger partial charge in [0.05, 0.1) is 17.7 Å². The number of fused-ring (bicyclic) bond motifs is 1. The highest BCUT2D eigenvalue weighted by Crippen LogP contribution is 2.38. The number of aromatic nitrogens is 2. The Morgan fingerprint density at radius 3 is 2.61 bits per heavy atom. The fraction of sp³-hybridized carbons (Fsp3) is 0.542. The molecule has 1 unspecified atom stereocenters. The lowest BCUT2D eigenvalue weighted by molar-refractivity contribution is -0.133. The Morgan fingerprint density at radius 2 is 1.94 bits per heavy atom. The Balaban J connectivity index is 1.45. The van der Waals surface area contributed by atoms with Gasteiger partial charge in [-0.05, 0) is 35.6 Å². The Labute approximate surface area is 192 Å². The van der Waals surface area contributed by atoms with E-state index in [1.807, 2.05) is 18.7 Å². The standard InChI is InChI=1S/C24H31F2N5O2/c1-14(2)27-13-18(16-4-5-19(25)20(26)11-16)23(33)30-6-8-31(9-7-30)24-28-12-17-15(3)10-21(32)22(17)29-24/h4-5,11-12,14-15,18,21,27,32H,6-10,13H2,1-3H3/t15-,18?,21-/m1/s1. The minimum atomic E-state index is -0.954. The summed E-state index contributed by atoms with van der Waals surface area (Å²) in [7, 11) is 0. The zero-order chi connectivity index (χ0) is 23.7. The molecule has 7 nitrogen and oxygen atoms in total. The number of aliphatic hydroxyl groups excluding tert-OH is 1. The van der Waals surface area contributed by atoms with Gasteiger partial charge < -0.3 is 20.2 Å². The van der Waals surface area contributed by atoms with Crippen molar-refractivity contribution in [2.24, 2.45) is 0 Å². The van der Waals surface area contributed by atoms with Gasteiger partial charge in [0.1, 0.15) is 0 Å². The minimum Gasteiger partial charge on any atom is -0.387 e. The first-order valence-electron chi connectivity index (χ1n) is 11.5. The number of piperazine rings is 1. The summed E-state index contributed by atoms with van der Waals surface area (Å²) in [5.74, 6) is -1.80. The highest BCUT2D eigenvalue weighted by Gasteiger charge is 2.32. The second-order valence-electron chi connectivity index (χ2n) is 9.26. The topological polar surface area (TPSA) is 81.6 Å². The Morgan fingerprint density at radius 1 is 1.21 bits per heavy atom. The molecule has 0 spiro atoms. The summed E-state index contributed by atoms with van der Waals surface area (Å²) in [6.45, 7) is 8.39. The molecule has 178 valence electrons. The van der Waals surface area contributed by atoms with Crippen molar-refractivity contribution in [2.75, 3.05) is 37.6 Å². The van der Waals surface area contributed by atoms with E-state index < -0.39 is 23.7 Å². The predicted molar refractivity (Wildman–Crippen MR) is 121 cm³/mol. The van der Waals surface area contributed by atoms with Crippen molar-refractivity contribution in [3.8, 4) is 0 Å². The highest BCUT2D eigenvalue weighted by molar-refractivity contribution is 5.84. The molecule has 1 aromatic heterocycles. The van der Waals surface area contributed by atoms with E-state index >= 15 is 0 Å². The Kier molecular flexibility index (Phi) is 6.90. The third kappa shape index (κ3) is 4.99. The summed E-state index contributed by atoms with van der Waals surface area (Å²) >= 11 is 0. The van der Waals surface area contributed by atoms with Crippen LogP contribution in [0.3, 0.4) is 0 Å².